The molecule has 1 aliphatic heterocycles. The molecule has 3 fully saturated rings. The summed E-state index contributed by atoms with van der Waals surface area (Å²) in [5.41, 5.74) is 3.44. The number of nitrogens with two attached hydrogens (primary N) is 1. The molecule has 3 rings (SSSR count). The molecule has 0 unspecified atom stereocenters. The number of fused-ring (bicyclic) bond motifs is 1. The molecule has 0 aromatic carbocycles. The number of rotatable bonds is 9. The summed E-state index contributed by atoms with van der Waals surface area (Å²) in [6.07, 6.45) is 4.34. The predicted octanol–water partition coefficient (Wildman–Crippen LogP) is 1.64. The topological polar surface area (TPSA) is 177 Å². The normalized spacial score (nSPS) is 25.0. The van der Waals surface area contributed by atoms with Crippen LogP contribution in [-0.2, 0) is 28.7 Å². The first-order chi connectivity index (χ1) is 19.3. The fourth-order valence-electron chi connectivity index (χ4n) is 6.50. The molecule has 42 heavy (non-hydrogen) atoms. The van der Waals surface area contributed by atoms with Crippen molar-refractivity contribution >= 4 is 35.5 Å². The molecule has 0 bridgehead atoms. The minimum Gasteiger partial charge on any atom is -0.458 e. The molecule has 5 atom stereocenters. The number of amides is 5. The number of carbonyl (C=O) groups is 6. The standard InChI is InChI=1S/C30H49N5O7/c1-28(2,3)22(26(40)42-29(4,5)6)34-27(41)33-20(16-12-10-9-11-13-16)25(39)35-15-17-19(30(17,7)8)21(35)24(38)32-14-18(36)23(31)37/h16-17,19-22H,9-15H2,1-8H3,(H2,31,37)(H,32,38)(H2,33,34,41)/t17-,19-,20-,21-,22-/m0/s1. The van der Waals surface area contributed by atoms with Crippen LogP contribution in [0.3, 0.4) is 0 Å². The Hall–Kier alpha value is -3.18. The maximum Gasteiger partial charge on any atom is 0.329 e. The minimum atomic E-state index is -1.15. The first-order valence-electron chi connectivity index (χ1n) is 15.0. The van der Waals surface area contributed by atoms with Gasteiger partial charge in [-0.25, -0.2) is 9.59 Å². The lowest BCUT2D eigenvalue weighted by Crippen LogP contribution is -2.61. The van der Waals surface area contributed by atoms with Crippen molar-refractivity contribution in [1.82, 2.24) is 20.9 Å². The Morgan fingerprint density at radius 3 is 2.07 bits per heavy atom. The lowest BCUT2D eigenvalue weighted by Gasteiger charge is -2.37. The number of piperidine rings is 1. The van der Waals surface area contributed by atoms with Crippen molar-refractivity contribution in [2.45, 2.75) is 111 Å². The monoisotopic (exact) mass is 591 g/mol. The van der Waals surface area contributed by atoms with Gasteiger partial charge in [0.05, 0.1) is 6.54 Å². The van der Waals surface area contributed by atoms with E-state index >= 15 is 0 Å². The van der Waals surface area contributed by atoms with Crippen LogP contribution in [0.25, 0.3) is 0 Å². The smallest absolute Gasteiger partial charge is 0.329 e. The quantitative estimate of drug-likeness (QED) is 0.233. The van der Waals surface area contributed by atoms with Gasteiger partial charge >= 0.3 is 12.0 Å². The van der Waals surface area contributed by atoms with E-state index in [1.807, 2.05) is 34.6 Å². The number of esters is 1. The lowest BCUT2D eigenvalue weighted by atomic mass is 9.83. The zero-order valence-corrected chi connectivity index (χ0v) is 26.3. The van der Waals surface area contributed by atoms with E-state index in [-0.39, 0.29) is 29.1 Å². The fourth-order valence-corrected chi connectivity index (χ4v) is 6.50. The van der Waals surface area contributed by atoms with E-state index in [9.17, 15) is 28.8 Å². The second-order valence-corrected chi connectivity index (χ2v) is 14.7. The van der Waals surface area contributed by atoms with Gasteiger partial charge in [0.25, 0.3) is 5.91 Å². The summed E-state index contributed by atoms with van der Waals surface area (Å²) in [4.78, 5) is 78.4. The molecular formula is C30H49N5O7. The van der Waals surface area contributed by atoms with Gasteiger partial charge in [-0.2, -0.15) is 0 Å². The van der Waals surface area contributed by atoms with Gasteiger partial charge in [0, 0.05) is 6.54 Å². The number of carbonyl (C=O) groups excluding carboxylic acids is 6. The van der Waals surface area contributed by atoms with E-state index in [1.54, 1.807) is 20.8 Å². The highest BCUT2D eigenvalue weighted by Crippen LogP contribution is 2.65. The molecule has 12 nitrogen and oxygen atoms in total. The first kappa shape index (κ1) is 33.3. The molecular weight excluding hydrogens is 542 g/mol. The SMILES string of the molecule is CC(C)(C)OC(=O)[C@H](NC(=O)N[C@H](C(=O)N1C[C@H]2[C@@H]([C@H]1C(=O)NCC(=O)C(N)=O)C2(C)C)C1CCCCC1)C(C)(C)C. The predicted molar refractivity (Wildman–Crippen MR) is 155 cm³/mol. The summed E-state index contributed by atoms with van der Waals surface area (Å²) in [7, 11) is 0. The van der Waals surface area contributed by atoms with Crippen LogP contribution in [0.1, 0.15) is 87.5 Å². The number of primary amides is 1. The lowest BCUT2D eigenvalue weighted by molar-refractivity contribution is -0.160. The molecule has 12 heteroatoms. The van der Waals surface area contributed by atoms with Crippen molar-refractivity contribution in [1.29, 1.82) is 0 Å². The Labute approximate surface area is 248 Å². The van der Waals surface area contributed by atoms with E-state index in [0.29, 0.717) is 6.54 Å². The van der Waals surface area contributed by atoms with Crippen LogP contribution < -0.4 is 21.7 Å². The number of nitrogens with zero attached hydrogens (tertiary/aromatic N) is 1. The van der Waals surface area contributed by atoms with Crippen LogP contribution in [0.5, 0.6) is 0 Å². The minimum absolute atomic E-state index is 0.0855. The molecule has 1 heterocycles. The number of urea groups is 1. The third-order valence-electron chi connectivity index (χ3n) is 8.92. The Bertz CT molecular complexity index is 1100. The number of ketones is 1. The number of Topliss-reactive ketones (excluding diaryl/α,β-unsaturated/α-hetero) is 1. The second kappa shape index (κ2) is 12.2. The van der Waals surface area contributed by atoms with Crippen molar-refractivity contribution in [2.24, 2.45) is 34.3 Å². The first-order valence-corrected chi connectivity index (χ1v) is 15.0. The number of ether oxygens (including phenoxy) is 1. The van der Waals surface area contributed by atoms with E-state index in [0.717, 1.165) is 32.1 Å². The maximum atomic E-state index is 14.2. The van der Waals surface area contributed by atoms with Gasteiger partial charge in [-0.3, -0.25) is 19.2 Å². The Morgan fingerprint density at radius 2 is 1.55 bits per heavy atom. The van der Waals surface area contributed by atoms with E-state index < -0.39 is 65.3 Å². The van der Waals surface area contributed by atoms with Gasteiger partial charge in [-0.1, -0.05) is 53.9 Å². The van der Waals surface area contributed by atoms with E-state index in [1.165, 1.54) is 4.90 Å². The van der Waals surface area contributed by atoms with Crippen molar-refractivity contribution < 1.29 is 33.5 Å². The molecule has 3 aliphatic rings. The van der Waals surface area contributed by atoms with Crippen molar-refractivity contribution in [3.05, 3.63) is 0 Å². The summed E-state index contributed by atoms with van der Waals surface area (Å²) >= 11 is 0. The van der Waals surface area contributed by atoms with Crippen LogP contribution in [0.4, 0.5) is 4.79 Å². The van der Waals surface area contributed by atoms with Crippen molar-refractivity contribution in [3.63, 3.8) is 0 Å². The molecule has 5 N–H and O–H groups in total. The average molecular weight is 592 g/mol. The van der Waals surface area contributed by atoms with Crippen molar-refractivity contribution in [3.8, 4) is 0 Å². The molecule has 5 amide bonds. The van der Waals surface area contributed by atoms with E-state index in [4.69, 9.17) is 10.5 Å². The number of hydrogen-bond donors (Lipinski definition) is 4. The Balaban J connectivity index is 1.83. The van der Waals surface area contributed by atoms with Gasteiger partial charge in [-0.15, -0.1) is 0 Å². The van der Waals surface area contributed by atoms with E-state index in [2.05, 4.69) is 16.0 Å². The zero-order valence-electron chi connectivity index (χ0n) is 26.3. The third kappa shape index (κ3) is 7.60. The summed E-state index contributed by atoms with van der Waals surface area (Å²) in [5.74, 6) is -3.72. The highest BCUT2D eigenvalue weighted by atomic mass is 16.6. The molecule has 0 aromatic rings. The van der Waals surface area contributed by atoms with Crippen LogP contribution in [0, 0.1) is 28.6 Å². The molecule has 0 radical (unpaired) electrons. The number of hydrogen-bond acceptors (Lipinski definition) is 7. The molecule has 0 spiro atoms. The van der Waals surface area contributed by atoms with Crippen molar-refractivity contribution in [2.75, 3.05) is 13.1 Å². The van der Waals surface area contributed by atoms with Gasteiger partial charge in [0.2, 0.25) is 17.6 Å². The van der Waals surface area contributed by atoms with Gasteiger partial charge in [-0.05, 0) is 62.2 Å². The molecule has 2 aliphatic carbocycles. The maximum absolute atomic E-state index is 14.2. The highest BCUT2D eigenvalue weighted by molar-refractivity contribution is 6.36. The summed E-state index contributed by atoms with van der Waals surface area (Å²) < 4.78 is 5.55. The van der Waals surface area contributed by atoms with Crippen LogP contribution in [0.15, 0.2) is 0 Å². The average Bonchev–Trinajstić information content (AvgIpc) is 3.20. The summed E-state index contributed by atoms with van der Waals surface area (Å²) in [6, 6.07) is -3.39. The third-order valence-corrected chi connectivity index (χ3v) is 8.92. The van der Waals surface area contributed by atoms with Gasteiger partial charge in [0.1, 0.15) is 23.7 Å². The van der Waals surface area contributed by atoms with Gasteiger partial charge in [0.15, 0.2) is 0 Å². The van der Waals surface area contributed by atoms with Crippen LogP contribution in [-0.4, -0.2) is 77.2 Å². The molecule has 1 saturated heterocycles. The van der Waals surface area contributed by atoms with Crippen LogP contribution >= 0.6 is 0 Å². The molecule has 236 valence electrons. The number of nitrogens with one attached hydrogen (secondary N) is 3. The number of likely N-dealkylation sites (tertiary alicyclic amines) is 1. The fraction of sp³-hybridized carbons (Fsp3) is 0.800. The van der Waals surface area contributed by atoms with Crippen LogP contribution in [0.2, 0.25) is 0 Å². The molecule has 2 saturated carbocycles. The summed E-state index contributed by atoms with van der Waals surface area (Å²) in [5, 5.41) is 8.09. The summed E-state index contributed by atoms with van der Waals surface area (Å²) in [6.45, 7) is 14.6. The Morgan fingerprint density at radius 1 is 0.952 bits per heavy atom. The van der Waals surface area contributed by atoms with Gasteiger partial charge < -0.3 is 31.3 Å². The highest BCUT2D eigenvalue weighted by Gasteiger charge is 2.69. The molecule has 0 aromatic heterocycles. The Kier molecular flexibility index (Phi) is 9.68. The zero-order chi connectivity index (χ0) is 31.8. The largest absolute Gasteiger partial charge is 0.458 e. The second-order valence-electron chi connectivity index (χ2n) is 14.7.